The fraction of sp³-hybridized carbons (Fsp3) is 0.500. The molecular weight excluding hydrogens is 118 g/mol. The van der Waals surface area contributed by atoms with Crippen LogP contribution in [-0.2, 0) is 9.63 Å². The van der Waals surface area contributed by atoms with Gasteiger partial charge in [-0.1, -0.05) is 6.92 Å². The zero-order valence-electron chi connectivity index (χ0n) is 5.26. The van der Waals surface area contributed by atoms with Crippen LogP contribution in [0.1, 0.15) is 13.3 Å². The molecule has 3 heteroatoms. The van der Waals surface area contributed by atoms with Gasteiger partial charge in [-0.3, -0.25) is 4.79 Å². The fourth-order valence-electron chi connectivity index (χ4n) is 0.711. The Hall–Kier alpha value is -0.990. The SMILES string of the molecule is CCC1C=CONC1=O. The van der Waals surface area contributed by atoms with Crippen molar-refractivity contribution in [3.8, 4) is 0 Å². The minimum Gasteiger partial charge on any atom is -0.388 e. The molecule has 9 heavy (non-hydrogen) atoms. The van der Waals surface area contributed by atoms with E-state index in [1.165, 1.54) is 6.26 Å². The summed E-state index contributed by atoms with van der Waals surface area (Å²) < 4.78 is 0. The lowest BCUT2D eigenvalue weighted by Crippen LogP contribution is -2.31. The highest BCUT2D eigenvalue weighted by Gasteiger charge is 2.15. The molecule has 0 saturated carbocycles. The van der Waals surface area contributed by atoms with Crippen molar-refractivity contribution in [1.82, 2.24) is 5.48 Å². The molecular formula is C6H9NO2. The minimum absolute atomic E-state index is 0.00116. The van der Waals surface area contributed by atoms with E-state index in [2.05, 4.69) is 10.3 Å². The molecule has 0 fully saturated rings. The first-order valence-electron chi connectivity index (χ1n) is 2.96. The lowest BCUT2D eigenvalue weighted by molar-refractivity contribution is -0.134. The van der Waals surface area contributed by atoms with E-state index in [4.69, 9.17) is 0 Å². The molecule has 1 aliphatic heterocycles. The van der Waals surface area contributed by atoms with Gasteiger partial charge in [0.15, 0.2) is 0 Å². The van der Waals surface area contributed by atoms with Crippen molar-refractivity contribution in [3.63, 3.8) is 0 Å². The van der Waals surface area contributed by atoms with E-state index >= 15 is 0 Å². The molecule has 0 aromatic rings. The largest absolute Gasteiger partial charge is 0.388 e. The summed E-state index contributed by atoms with van der Waals surface area (Å²) in [6.07, 6.45) is 4.07. The third-order valence-corrected chi connectivity index (χ3v) is 1.32. The number of carbonyl (C=O) groups excluding carboxylic acids is 1. The Kier molecular flexibility index (Phi) is 1.72. The lowest BCUT2D eigenvalue weighted by Gasteiger charge is -2.13. The third kappa shape index (κ3) is 1.22. The van der Waals surface area contributed by atoms with Crippen LogP contribution in [0.5, 0.6) is 0 Å². The molecule has 0 radical (unpaired) electrons. The van der Waals surface area contributed by atoms with E-state index in [1.807, 2.05) is 6.92 Å². The van der Waals surface area contributed by atoms with Crippen LogP contribution in [0, 0.1) is 5.92 Å². The van der Waals surface area contributed by atoms with Crippen molar-refractivity contribution in [3.05, 3.63) is 12.3 Å². The summed E-state index contributed by atoms with van der Waals surface area (Å²) in [5.74, 6) is -0.0567. The topological polar surface area (TPSA) is 38.3 Å². The van der Waals surface area contributed by atoms with Crippen LogP contribution in [0.15, 0.2) is 12.3 Å². The highest BCUT2D eigenvalue weighted by molar-refractivity contribution is 5.79. The molecule has 0 aromatic heterocycles. The summed E-state index contributed by atoms with van der Waals surface area (Å²) in [5, 5.41) is 0. The van der Waals surface area contributed by atoms with Gasteiger partial charge in [-0.15, -0.1) is 0 Å². The first kappa shape index (κ1) is 6.13. The second-order valence-electron chi connectivity index (χ2n) is 1.93. The van der Waals surface area contributed by atoms with Gasteiger partial charge in [0.25, 0.3) is 5.91 Å². The Morgan fingerprint density at radius 3 is 3.11 bits per heavy atom. The van der Waals surface area contributed by atoms with Crippen molar-refractivity contribution in [2.75, 3.05) is 0 Å². The molecule has 0 aromatic carbocycles. The maximum absolute atomic E-state index is 10.7. The standard InChI is InChI=1S/C6H9NO2/c1-2-5-3-4-9-7-6(5)8/h3-5H,2H2,1H3,(H,7,8). The normalized spacial score (nSPS) is 25.0. The van der Waals surface area contributed by atoms with Gasteiger partial charge < -0.3 is 4.84 Å². The molecule has 1 amide bonds. The maximum atomic E-state index is 10.7. The smallest absolute Gasteiger partial charge is 0.259 e. The van der Waals surface area contributed by atoms with Gasteiger partial charge >= 0.3 is 0 Å². The van der Waals surface area contributed by atoms with Crippen molar-refractivity contribution in [2.24, 2.45) is 5.92 Å². The summed E-state index contributed by atoms with van der Waals surface area (Å²) in [7, 11) is 0. The zero-order chi connectivity index (χ0) is 6.69. The minimum atomic E-state index is -0.0556. The van der Waals surface area contributed by atoms with Crippen molar-refractivity contribution < 1.29 is 9.63 Å². The lowest BCUT2D eigenvalue weighted by atomic mass is 10.1. The van der Waals surface area contributed by atoms with Crippen LogP contribution >= 0.6 is 0 Å². The van der Waals surface area contributed by atoms with Crippen molar-refractivity contribution in [2.45, 2.75) is 13.3 Å². The second-order valence-corrected chi connectivity index (χ2v) is 1.93. The molecule has 3 nitrogen and oxygen atoms in total. The van der Waals surface area contributed by atoms with Gasteiger partial charge in [-0.2, -0.15) is 5.48 Å². The van der Waals surface area contributed by atoms with Gasteiger partial charge in [-0.05, 0) is 12.5 Å². The molecule has 0 saturated heterocycles. The van der Waals surface area contributed by atoms with Crippen molar-refractivity contribution in [1.29, 1.82) is 0 Å². The first-order valence-corrected chi connectivity index (χ1v) is 2.96. The van der Waals surface area contributed by atoms with E-state index in [9.17, 15) is 4.79 Å². The fourth-order valence-corrected chi connectivity index (χ4v) is 0.711. The quantitative estimate of drug-likeness (QED) is 0.559. The zero-order valence-corrected chi connectivity index (χ0v) is 5.26. The number of hydrogen-bond donors (Lipinski definition) is 1. The second kappa shape index (κ2) is 2.53. The van der Waals surface area contributed by atoms with Gasteiger partial charge in [-0.25, -0.2) is 0 Å². The Labute approximate surface area is 53.6 Å². The average molecular weight is 127 g/mol. The Bertz CT molecular complexity index is 142. The summed E-state index contributed by atoms with van der Waals surface area (Å²) in [6.45, 7) is 1.96. The predicted molar refractivity (Wildman–Crippen MR) is 32.1 cm³/mol. The van der Waals surface area contributed by atoms with Crippen LogP contribution in [0.2, 0.25) is 0 Å². The number of hydrogen-bond acceptors (Lipinski definition) is 2. The van der Waals surface area contributed by atoms with Crippen molar-refractivity contribution >= 4 is 5.91 Å². The number of rotatable bonds is 1. The summed E-state index contributed by atoms with van der Waals surface area (Å²) in [4.78, 5) is 15.3. The number of amides is 1. The summed E-state index contributed by atoms with van der Waals surface area (Å²) in [6, 6.07) is 0. The molecule has 1 atom stereocenters. The van der Waals surface area contributed by atoms with Crippen LogP contribution in [0.25, 0.3) is 0 Å². The number of hydroxylamine groups is 1. The Morgan fingerprint density at radius 1 is 1.89 bits per heavy atom. The van der Waals surface area contributed by atoms with Gasteiger partial charge in [0, 0.05) is 0 Å². The molecule has 1 unspecified atom stereocenters. The predicted octanol–water partition coefficient (Wildman–Crippen LogP) is 0.588. The molecule has 1 rings (SSSR count). The number of carbonyl (C=O) groups is 1. The first-order chi connectivity index (χ1) is 4.34. The van der Waals surface area contributed by atoms with Crippen LogP contribution < -0.4 is 5.48 Å². The Morgan fingerprint density at radius 2 is 2.67 bits per heavy atom. The molecule has 1 N–H and O–H groups in total. The van der Waals surface area contributed by atoms with E-state index in [-0.39, 0.29) is 11.8 Å². The molecule has 0 aliphatic carbocycles. The Balaban J connectivity index is 2.57. The number of nitrogens with one attached hydrogen (secondary N) is 1. The molecule has 50 valence electrons. The van der Waals surface area contributed by atoms with Gasteiger partial charge in [0.05, 0.1) is 5.92 Å². The molecule has 1 heterocycles. The van der Waals surface area contributed by atoms with E-state index in [0.717, 1.165) is 6.42 Å². The summed E-state index contributed by atoms with van der Waals surface area (Å²) >= 11 is 0. The highest BCUT2D eigenvalue weighted by atomic mass is 16.6. The van der Waals surface area contributed by atoms with Crippen LogP contribution in [0.3, 0.4) is 0 Å². The monoisotopic (exact) mass is 127 g/mol. The van der Waals surface area contributed by atoms with E-state index in [0.29, 0.717) is 0 Å². The molecule has 0 bridgehead atoms. The maximum Gasteiger partial charge on any atom is 0.259 e. The van der Waals surface area contributed by atoms with Gasteiger partial charge in [0.1, 0.15) is 6.26 Å². The van der Waals surface area contributed by atoms with Crippen LogP contribution in [-0.4, -0.2) is 5.91 Å². The van der Waals surface area contributed by atoms with E-state index in [1.54, 1.807) is 6.08 Å². The third-order valence-electron chi connectivity index (χ3n) is 1.32. The van der Waals surface area contributed by atoms with Crippen LogP contribution in [0.4, 0.5) is 0 Å². The summed E-state index contributed by atoms with van der Waals surface area (Å²) in [5.41, 5.74) is 2.26. The average Bonchev–Trinajstić information content (AvgIpc) is 1.89. The molecule has 1 aliphatic rings. The van der Waals surface area contributed by atoms with Gasteiger partial charge in [0.2, 0.25) is 0 Å². The highest BCUT2D eigenvalue weighted by Crippen LogP contribution is 2.07. The molecule has 0 spiro atoms. The van der Waals surface area contributed by atoms with E-state index < -0.39 is 0 Å².